The molecule has 1 aliphatic rings. The van der Waals surface area contributed by atoms with Crippen molar-refractivity contribution in [2.75, 3.05) is 0 Å². The first-order valence-electron chi connectivity index (χ1n) is 7.10. The van der Waals surface area contributed by atoms with E-state index in [9.17, 15) is 9.59 Å². The van der Waals surface area contributed by atoms with E-state index < -0.39 is 5.25 Å². The van der Waals surface area contributed by atoms with E-state index in [1.807, 2.05) is 6.07 Å². The van der Waals surface area contributed by atoms with Crippen LogP contribution in [0.25, 0.3) is 0 Å². The lowest BCUT2D eigenvalue weighted by molar-refractivity contribution is -0.130. The number of nitrogens with zero attached hydrogens (tertiary/aromatic N) is 2. The molecule has 0 aromatic heterocycles. The number of benzene rings is 2. The fourth-order valence-electron chi connectivity index (χ4n) is 2.26. The number of nitrogens with one attached hydrogen (secondary N) is 1. The molecule has 0 bridgehead atoms. The summed E-state index contributed by atoms with van der Waals surface area (Å²) in [5.41, 5.74) is 3.96. The van der Waals surface area contributed by atoms with Gasteiger partial charge in [0.2, 0.25) is 0 Å². The number of thioether (sulfide) groups is 1. The second-order valence-corrected chi connectivity index (χ2v) is 6.69. The van der Waals surface area contributed by atoms with Crippen molar-refractivity contribution in [3.8, 4) is 6.07 Å². The van der Waals surface area contributed by atoms with Crippen molar-refractivity contribution in [2.24, 2.45) is 0 Å². The lowest BCUT2D eigenvalue weighted by atomic mass is 10.1. The number of hydrogen-bond donors (Lipinski definition) is 1. The molecule has 1 aliphatic heterocycles. The zero-order chi connectivity index (χ0) is 17.1. The average molecular weight is 358 g/mol. The molecule has 24 heavy (non-hydrogen) atoms. The van der Waals surface area contributed by atoms with Gasteiger partial charge in [0.1, 0.15) is 0 Å². The molecule has 0 saturated carbocycles. The van der Waals surface area contributed by atoms with Gasteiger partial charge in [0, 0.05) is 4.90 Å². The van der Waals surface area contributed by atoms with Crippen LogP contribution in [0.1, 0.15) is 11.1 Å². The Hall–Kier alpha value is -2.49. The summed E-state index contributed by atoms with van der Waals surface area (Å²) in [6.07, 6.45) is 0. The van der Waals surface area contributed by atoms with Gasteiger partial charge in [-0.3, -0.25) is 15.0 Å². The van der Waals surface area contributed by atoms with E-state index in [2.05, 4.69) is 5.43 Å². The summed E-state index contributed by atoms with van der Waals surface area (Å²) >= 11 is 7.23. The third kappa shape index (κ3) is 3.37. The largest absolute Gasteiger partial charge is 0.271 e. The van der Waals surface area contributed by atoms with E-state index in [-0.39, 0.29) is 18.4 Å². The Kier molecular flexibility index (Phi) is 4.74. The molecule has 1 atom stereocenters. The molecule has 1 unspecified atom stereocenters. The second-order valence-electron chi connectivity index (χ2n) is 5.14. The van der Waals surface area contributed by atoms with E-state index in [4.69, 9.17) is 16.9 Å². The zero-order valence-corrected chi connectivity index (χ0v) is 14.0. The highest BCUT2D eigenvalue weighted by Gasteiger charge is 2.40. The molecule has 2 amide bonds. The lowest BCUT2D eigenvalue weighted by Gasteiger charge is -2.15. The maximum absolute atomic E-state index is 12.5. The van der Waals surface area contributed by atoms with Crippen LogP contribution in [-0.4, -0.2) is 22.1 Å². The molecule has 7 heteroatoms. The standard InChI is InChI=1S/C17H12ClN3O2S/c18-13-3-1-2-4-14(13)24-15-16(22)20-21(17(15)23)10-12-7-5-11(9-19)6-8-12/h1-8,15H,10H2,(H,20,22). The van der Waals surface area contributed by atoms with Gasteiger partial charge >= 0.3 is 0 Å². The van der Waals surface area contributed by atoms with E-state index in [0.29, 0.717) is 15.5 Å². The molecule has 1 saturated heterocycles. The molecule has 120 valence electrons. The van der Waals surface area contributed by atoms with Gasteiger partial charge in [-0.1, -0.05) is 35.9 Å². The van der Waals surface area contributed by atoms with Crippen molar-refractivity contribution in [3.05, 3.63) is 64.7 Å². The van der Waals surface area contributed by atoms with Crippen LogP contribution in [-0.2, 0) is 16.1 Å². The summed E-state index contributed by atoms with van der Waals surface area (Å²) in [7, 11) is 0. The Labute approximate surface area is 148 Å². The molecule has 1 heterocycles. The van der Waals surface area contributed by atoms with Crippen molar-refractivity contribution in [2.45, 2.75) is 16.7 Å². The number of rotatable bonds is 4. The van der Waals surface area contributed by atoms with Crippen LogP contribution in [0.4, 0.5) is 0 Å². The molecular formula is C17H12ClN3O2S. The number of amides is 2. The van der Waals surface area contributed by atoms with Crippen molar-refractivity contribution >= 4 is 35.2 Å². The normalized spacial score (nSPS) is 16.8. The summed E-state index contributed by atoms with van der Waals surface area (Å²) in [6.45, 7) is 0.246. The third-order valence-electron chi connectivity index (χ3n) is 3.48. The number of carbonyl (C=O) groups is 2. The van der Waals surface area contributed by atoms with Gasteiger partial charge in [0.05, 0.1) is 23.2 Å². The van der Waals surface area contributed by atoms with E-state index in [1.165, 1.54) is 5.01 Å². The predicted molar refractivity (Wildman–Crippen MR) is 90.9 cm³/mol. The Morgan fingerprint density at radius 2 is 1.88 bits per heavy atom. The number of carbonyl (C=O) groups excluding carboxylic acids is 2. The van der Waals surface area contributed by atoms with E-state index in [0.717, 1.165) is 17.3 Å². The van der Waals surface area contributed by atoms with Gasteiger partial charge in [0.15, 0.2) is 5.25 Å². The number of nitriles is 1. The molecule has 0 radical (unpaired) electrons. The summed E-state index contributed by atoms with van der Waals surface area (Å²) < 4.78 is 0. The minimum Gasteiger partial charge on any atom is -0.271 e. The van der Waals surface area contributed by atoms with Gasteiger partial charge in [-0.2, -0.15) is 5.26 Å². The minimum absolute atomic E-state index is 0.246. The summed E-state index contributed by atoms with van der Waals surface area (Å²) in [5.74, 6) is -0.673. The number of halogens is 1. The second kappa shape index (κ2) is 6.95. The van der Waals surface area contributed by atoms with Crippen molar-refractivity contribution in [3.63, 3.8) is 0 Å². The maximum Gasteiger partial charge on any atom is 0.264 e. The SMILES string of the molecule is N#Cc1ccc(CN2NC(=O)C(Sc3ccccc3Cl)C2=O)cc1. The van der Waals surface area contributed by atoms with Crippen molar-refractivity contribution < 1.29 is 9.59 Å². The van der Waals surface area contributed by atoms with Crippen LogP contribution in [0.2, 0.25) is 5.02 Å². The maximum atomic E-state index is 12.5. The van der Waals surface area contributed by atoms with Gasteiger partial charge in [-0.05, 0) is 29.8 Å². The third-order valence-corrected chi connectivity index (χ3v) is 5.18. The Morgan fingerprint density at radius 1 is 1.17 bits per heavy atom. The smallest absolute Gasteiger partial charge is 0.264 e. The van der Waals surface area contributed by atoms with Gasteiger partial charge in [0.25, 0.3) is 11.8 Å². The van der Waals surface area contributed by atoms with Crippen LogP contribution in [0.15, 0.2) is 53.4 Å². The van der Waals surface area contributed by atoms with Gasteiger partial charge < -0.3 is 0 Å². The molecule has 2 aromatic rings. The first kappa shape index (κ1) is 16.4. The number of hydrazine groups is 1. The molecule has 1 fully saturated rings. The Morgan fingerprint density at radius 3 is 2.54 bits per heavy atom. The predicted octanol–water partition coefficient (Wildman–Crippen LogP) is 2.75. The van der Waals surface area contributed by atoms with Crippen LogP contribution < -0.4 is 5.43 Å². The van der Waals surface area contributed by atoms with Crippen molar-refractivity contribution in [1.82, 2.24) is 10.4 Å². The van der Waals surface area contributed by atoms with Crippen LogP contribution in [0.3, 0.4) is 0 Å². The van der Waals surface area contributed by atoms with Gasteiger partial charge in [-0.15, -0.1) is 11.8 Å². The monoisotopic (exact) mass is 357 g/mol. The van der Waals surface area contributed by atoms with E-state index >= 15 is 0 Å². The minimum atomic E-state index is -0.858. The quantitative estimate of drug-likeness (QED) is 0.854. The molecule has 5 nitrogen and oxygen atoms in total. The average Bonchev–Trinajstić information content (AvgIpc) is 2.85. The highest BCUT2D eigenvalue weighted by Crippen LogP contribution is 2.32. The van der Waals surface area contributed by atoms with Gasteiger partial charge in [-0.25, -0.2) is 5.01 Å². The summed E-state index contributed by atoms with van der Waals surface area (Å²) in [5, 5.41) is 9.74. The number of hydrogen-bond acceptors (Lipinski definition) is 4. The Bertz CT molecular complexity index is 832. The van der Waals surface area contributed by atoms with Crippen LogP contribution in [0.5, 0.6) is 0 Å². The first-order valence-corrected chi connectivity index (χ1v) is 8.36. The molecule has 3 rings (SSSR count). The molecule has 2 aromatic carbocycles. The van der Waals surface area contributed by atoms with E-state index in [1.54, 1.807) is 48.5 Å². The van der Waals surface area contributed by atoms with Crippen molar-refractivity contribution in [1.29, 1.82) is 5.26 Å². The van der Waals surface area contributed by atoms with Crippen LogP contribution in [0, 0.1) is 11.3 Å². The lowest BCUT2D eigenvalue weighted by Crippen LogP contribution is -2.35. The molecular weight excluding hydrogens is 346 g/mol. The Balaban J connectivity index is 1.71. The summed E-state index contributed by atoms with van der Waals surface area (Å²) in [4.78, 5) is 25.3. The first-order chi connectivity index (χ1) is 11.6. The topological polar surface area (TPSA) is 73.2 Å². The molecule has 0 spiro atoms. The fourth-order valence-corrected chi connectivity index (χ4v) is 3.51. The summed E-state index contributed by atoms with van der Waals surface area (Å²) in [6, 6.07) is 16.0. The highest BCUT2D eigenvalue weighted by atomic mass is 35.5. The molecule has 0 aliphatic carbocycles. The molecule has 1 N–H and O–H groups in total. The zero-order valence-electron chi connectivity index (χ0n) is 12.4. The highest BCUT2D eigenvalue weighted by molar-refractivity contribution is 8.01. The fraction of sp³-hybridized carbons (Fsp3) is 0.118. The van der Waals surface area contributed by atoms with Crippen LogP contribution >= 0.6 is 23.4 Å².